The van der Waals surface area contributed by atoms with E-state index in [9.17, 15) is 14.4 Å². The molecule has 0 radical (unpaired) electrons. The van der Waals surface area contributed by atoms with Crippen LogP contribution in [-0.4, -0.2) is 22.5 Å². The SMILES string of the molecule is Cc1ccc(NC(=O)C(C)OC(=O)C(C)n2c(=O)oc3ccccc32)cc1. The predicted octanol–water partition coefficient (Wildman–Crippen LogP) is 3.03. The van der Waals surface area contributed by atoms with Gasteiger partial charge < -0.3 is 14.5 Å². The molecule has 1 N–H and O–H groups in total. The number of aryl methyl sites for hydroxylation is 1. The van der Waals surface area contributed by atoms with Crippen molar-refractivity contribution in [3.05, 3.63) is 64.6 Å². The Morgan fingerprint density at radius 2 is 1.74 bits per heavy atom. The van der Waals surface area contributed by atoms with Gasteiger partial charge in [0, 0.05) is 5.69 Å². The topological polar surface area (TPSA) is 90.5 Å². The number of rotatable bonds is 5. The second-order valence-electron chi connectivity index (χ2n) is 6.32. The fourth-order valence-electron chi connectivity index (χ4n) is 2.66. The maximum Gasteiger partial charge on any atom is 0.420 e. The number of hydrogen-bond donors (Lipinski definition) is 1. The Kier molecular flexibility index (Phi) is 5.12. The smallest absolute Gasteiger partial charge is 0.420 e. The number of ether oxygens (including phenoxy) is 1. The minimum absolute atomic E-state index is 0.382. The van der Waals surface area contributed by atoms with E-state index in [1.165, 1.54) is 18.4 Å². The van der Waals surface area contributed by atoms with Crippen LogP contribution in [-0.2, 0) is 14.3 Å². The van der Waals surface area contributed by atoms with Crippen molar-refractivity contribution in [2.45, 2.75) is 32.9 Å². The van der Waals surface area contributed by atoms with Gasteiger partial charge in [-0.15, -0.1) is 0 Å². The van der Waals surface area contributed by atoms with E-state index in [1.807, 2.05) is 19.1 Å². The summed E-state index contributed by atoms with van der Waals surface area (Å²) >= 11 is 0. The number of aromatic nitrogens is 1. The van der Waals surface area contributed by atoms with Gasteiger partial charge in [-0.2, -0.15) is 0 Å². The molecule has 2 unspecified atom stereocenters. The van der Waals surface area contributed by atoms with Crippen LogP contribution in [0.1, 0.15) is 25.5 Å². The van der Waals surface area contributed by atoms with E-state index < -0.39 is 29.8 Å². The van der Waals surface area contributed by atoms with Gasteiger partial charge in [-0.3, -0.25) is 9.36 Å². The average molecular weight is 368 g/mol. The molecule has 7 nitrogen and oxygen atoms in total. The Morgan fingerprint density at radius 1 is 1.07 bits per heavy atom. The molecule has 0 aliphatic rings. The predicted molar refractivity (Wildman–Crippen MR) is 101 cm³/mol. The molecule has 0 aliphatic carbocycles. The number of nitrogens with zero attached hydrogens (tertiary/aromatic N) is 1. The van der Waals surface area contributed by atoms with Crippen LogP contribution >= 0.6 is 0 Å². The van der Waals surface area contributed by atoms with Gasteiger partial charge >= 0.3 is 11.7 Å². The van der Waals surface area contributed by atoms with E-state index in [0.717, 1.165) is 5.56 Å². The quantitative estimate of drug-likeness (QED) is 0.699. The van der Waals surface area contributed by atoms with Crippen LogP contribution < -0.4 is 11.1 Å². The summed E-state index contributed by atoms with van der Waals surface area (Å²) in [6.07, 6.45) is -1.02. The van der Waals surface area contributed by atoms with Gasteiger partial charge in [0.05, 0.1) is 5.52 Å². The van der Waals surface area contributed by atoms with Crippen molar-refractivity contribution in [2.75, 3.05) is 5.32 Å². The van der Waals surface area contributed by atoms with Crippen LogP contribution in [0.2, 0.25) is 0 Å². The summed E-state index contributed by atoms with van der Waals surface area (Å²) in [5, 5.41) is 2.69. The van der Waals surface area contributed by atoms with E-state index in [4.69, 9.17) is 9.15 Å². The number of oxazole rings is 1. The molecule has 27 heavy (non-hydrogen) atoms. The number of amides is 1. The monoisotopic (exact) mass is 368 g/mol. The molecule has 3 aromatic rings. The van der Waals surface area contributed by atoms with Crippen molar-refractivity contribution in [1.82, 2.24) is 4.57 Å². The Labute approximate surface area is 155 Å². The number of para-hydroxylation sites is 2. The van der Waals surface area contributed by atoms with Gasteiger partial charge in [0.15, 0.2) is 11.7 Å². The lowest BCUT2D eigenvalue weighted by Crippen LogP contribution is -2.34. The average Bonchev–Trinajstić information content (AvgIpc) is 2.98. The van der Waals surface area contributed by atoms with Crippen molar-refractivity contribution >= 4 is 28.7 Å². The Hall–Kier alpha value is -3.35. The zero-order valence-electron chi connectivity index (χ0n) is 15.3. The summed E-state index contributed by atoms with van der Waals surface area (Å²) in [7, 11) is 0. The number of nitrogens with one attached hydrogen (secondary N) is 1. The molecule has 0 spiro atoms. The van der Waals surface area contributed by atoms with Crippen LogP contribution in [0.25, 0.3) is 11.1 Å². The third-order valence-electron chi connectivity index (χ3n) is 4.23. The largest absolute Gasteiger partial charge is 0.451 e. The Balaban J connectivity index is 1.70. The molecule has 0 bridgehead atoms. The number of benzene rings is 2. The number of fused-ring (bicyclic) bond motifs is 1. The lowest BCUT2D eigenvalue weighted by Gasteiger charge is -2.17. The minimum atomic E-state index is -1.02. The molecule has 1 aromatic heterocycles. The molecule has 140 valence electrons. The molecule has 0 fully saturated rings. The molecule has 1 amide bonds. The first-order chi connectivity index (χ1) is 12.9. The number of carbonyl (C=O) groups is 2. The van der Waals surface area contributed by atoms with Gasteiger partial charge in [-0.1, -0.05) is 29.8 Å². The molecule has 0 saturated carbocycles. The van der Waals surface area contributed by atoms with E-state index in [0.29, 0.717) is 16.8 Å². The number of carbonyl (C=O) groups excluding carboxylic acids is 2. The third-order valence-corrected chi connectivity index (χ3v) is 4.23. The highest BCUT2D eigenvalue weighted by Gasteiger charge is 2.26. The highest BCUT2D eigenvalue weighted by molar-refractivity contribution is 5.95. The van der Waals surface area contributed by atoms with E-state index in [2.05, 4.69) is 5.32 Å². The molecule has 3 rings (SSSR count). The molecule has 2 aromatic carbocycles. The molecular formula is C20H20N2O5. The molecule has 0 saturated heterocycles. The van der Waals surface area contributed by atoms with Crippen LogP contribution in [0.3, 0.4) is 0 Å². The van der Waals surface area contributed by atoms with E-state index >= 15 is 0 Å². The van der Waals surface area contributed by atoms with Crippen LogP contribution in [0.15, 0.2) is 57.7 Å². The molecule has 2 atom stereocenters. The standard InChI is InChI=1S/C20H20N2O5/c1-12-8-10-15(11-9-12)21-18(23)14(3)26-19(24)13(2)22-16-6-4-5-7-17(16)27-20(22)25/h4-11,13-14H,1-3H3,(H,21,23). The van der Waals surface area contributed by atoms with Crippen molar-refractivity contribution in [3.8, 4) is 0 Å². The normalized spacial score (nSPS) is 13.1. The molecule has 1 heterocycles. The summed E-state index contributed by atoms with van der Waals surface area (Å²) in [4.78, 5) is 36.8. The number of esters is 1. The molecule has 0 aliphatic heterocycles. The van der Waals surface area contributed by atoms with Gasteiger partial charge in [0.25, 0.3) is 5.91 Å². The minimum Gasteiger partial charge on any atom is -0.451 e. The summed E-state index contributed by atoms with van der Waals surface area (Å²) in [5.41, 5.74) is 2.55. The van der Waals surface area contributed by atoms with Gasteiger partial charge in [0.2, 0.25) is 0 Å². The maximum absolute atomic E-state index is 12.4. The summed E-state index contributed by atoms with van der Waals surface area (Å²) in [6.45, 7) is 4.94. The van der Waals surface area contributed by atoms with Gasteiger partial charge in [-0.25, -0.2) is 9.59 Å². The fourth-order valence-corrected chi connectivity index (χ4v) is 2.66. The maximum atomic E-state index is 12.4. The van der Waals surface area contributed by atoms with Crippen molar-refractivity contribution in [1.29, 1.82) is 0 Å². The van der Waals surface area contributed by atoms with Crippen LogP contribution in [0.4, 0.5) is 5.69 Å². The van der Waals surface area contributed by atoms with Crippen molar-refractivity contribution in [2.24, 2.45) is 0 Å². The van der Waals surface area contributed by atoms with Crippen LogP contribution in [0, 0.1) is 6.92 Å². The number of anilines is 1. The first kappa shape index (κ1) is 18.4. The third kappa shape index (κ3) is 3.92. The van der Waals surface area contributed by atoms with E-state index in [1.54, 1.807) is 36.4 Å². The summed E-state index contributed by atoms with van der Waals surface area (Å²) in [5.74, 6) is -1.81. The second-order valence-corrected chi connectivity index (χ2v) is 6.32. The second kappa shape index (κ2) is 7.49. The fraction of sp³-hybridized carbons (Fsp3) is 0.250. The molecule has 7 heteroatoms. The zero-order chi connectivity index (χ0) is 19.6. The van der Waals surface area contributed by atoms with Crippen molar-refractivity contribution < 1.29 is 18.7 Å². The van der Waals surface area contributed by atoms with Crippen molar-refractivity contribution in [3.63, 3.8) is 0 Å². The van der Waals surface area contributed by atoms with E-state index in [-0.39, 0.29) is 0 Å². The lowest BCUT2D eigenvalue weighted by molar-refractivity contribution is -0.156. The number of hydrogen-bond acceptors (Lipinski definition) is 5. The Morgan fingerprint density at radius 3 is 2.44 bits per heavy atom. The highest BCUT2D eigenvalue weighted by Crippen LogP contribution is 2.18. The summed E-state index contributed by atoms with van der Waals surface area (Å²) < 4.78 is 11.6. The first-order valence-electron chi connectivity index (χ1n) is 8.55. The summed E-state index contributed by atoms with van der Waals surface area (Å²) in [6, 6.07) is 13.1. The lowest BCUT2D eigenvalue weighted by atomic mass is 10.2. The zero-order valence-corrected chi connectivity index (χ0v) is 15.3. The van der Waals surface area contributed by atoms with Gasteiger partial charge in [0.1, 0.15) is 6.04 Å². The Bertz CT molecular complexity index is 1030. The van der Waals surface area contributed by atoms with Crippen LogP contribution in [0.5, 0.6) is 0 Å². The highest BCUT2D eigenvalue weighted by atomic mass is 16.5. The first-order valence-corrected chi connectivity index (χ1v) is 8.55. The molecular weight excluding hydrogens is 348 g/mol. The van der Waals surface area contributed by atoms with Gasteiger partial charge in [-0.05, 0) is 45.0 Å².